The molecule has 1 saturated heterocycles. The van der Waals surface area contributed by atoms with Gasteiger partial charge in [-0.3, -0.25) is 9.88 Å². The molecule has 0 atom stereocenters. The molecule has 5 rings (SSSR count). The van der Waals surface area contributed by atoms with E-state index in [1.807, 2.05) is 37.4 Å². The molecule has 162 valence electrons. The Morgan fingerprint density at radius 2 is 1.78 bits per heavy atom. The highest BCUT2D eigenvalue weighted by atomic mass is 15.2. The molecule has 0 unspecified atom stereocenters. The van der Waals surface area contributed by atoms with Gasteiger partial charge in [-0.15, -0.1) is 0 Å². The number of nitrogens with zero attached hydrogens (tertiary/aromatic N) is 4. The minimum Gasteiger partial charge on any atom is -0.367 e. The summed E-state index contributed by atoms with van der Waals surface area (Å²) in [5.41, 5.74) is 4.25. The first-order valence-electron chi connectivity index (χ1n) is 11.2. The van der Waals surface area contributed by atoms with Crippen LogP contribution in [-0.4, -0.2) is 39.0 Å². The first-order valence-corrected chi connectivity index (χ1v) is 11.2. The number of likely N-dealkylation sites (tertiary alicyclic amines) is 1. The zero-order valence-electron chi connectivity index (χ0n) is 18.3. The monoisotopic (exact) mass is 424 g/mol. The van der Waals surface area contributed by atoms with Crippen LogP contribution in [0.15, 0.2) is 72.9 Å². The smallest absolute Gasteiger partial charge is 0.229 e. The molecular formula is C26H28N6. The molecule has 0 radical (unpaired) electrons. The van der Waals surface area contributed by atoms with Crippen molar-refractivity contribution in [3.63, 3.8) is 0 Å². The average Bonchev–Trinajstić information content (AvgIpc) is 2.81. The maximum atomic E-state index is 4.73. The lowest BCUT2D eigenvalue weighted by Crippen LogP contribution is -2.38. The van der Waals surface area contributed by atoms with Crippen molar-refractivity contribution < 1.29 is 0 Å². The lowest BCUT2D eigenvalue weighted by Gasteiger charge is -2.32. The number of rotatable bonds is 6. The van der Waals surface area contributed by atoms with Crippen molar-refractivity contribution in [3.05, 3.63) is 84.2 Å². The van der Waals surface area contributed by atoms with Crippen LogP contribution in [0.5, 0.6) is 0 Å². The molecule has 32 heavy (non-hydrogen) atoms. The van der Waals surface area contributed by atoms with Gasteiger partial charge >= 0.3 is 0 Å². The molecule has 1 aliphatic rings. The predicted molar refractivity (Wildman–Crippen MR) is 130 cm³/mol. The lowest BCUT2D eigenvalue weighted by atomic mass is 10.0. The van der Waals surface area contributed by atoms with Crippen LogP contribution in [0.2, 0.25) is 0 Å². The highest BCUT2D eigenvalue weighted by Gasteiger charge is 2.19. The van der Waals surface area contributed by atoms with Crippen LogP contribution < -0.4 is 10.6 Å². The summed E-state index contributed by atoms with van der Waals surface area (Å²) in [5, 5.41) is 8.07. The van der Waals surface area contributed by atoms with Crippen LogP contribution in [0, 0.1) is 6.92 Å². The van der Waals surface area contributed by atoms with Crippen molar-refractivity contribution in [2.45, 2.75) is 32.4 Å². The van der Waals surface area contributed by atoms with Crippen molar-refractivity contribution in [3.8, 4) is 0 Å². The molecule has 2 aromatic heterocycles. The molecule has 0 aliphatic carbocycles. The fourth-order valence-corrected chi connectivity index (χ4v) is 4.27. The maximum Gasteiger partial charge on any atom is 0.229 e. The molecule has 0 saturated carbocycles. The van der Waals surface area contributed by atoms with Gasteiger partial charge in [0.05, 0.1) is 5.52 Å². The maximum absolute atomic E-state index is 4.73. The Morgan fingerprint density at radius 1 is 0.938 bits per heavy atom. The van der Waals surface area contributed by atoms with Gasteiger partial charge in [0, 0.05) is 54.7 Å². The number of benzene rings is 2. The lowest BCUT2D eigenvalue weighted by molar-refractivity contribution is 0.211. The summed E-state index contributed by atoms with van der Waals surface area (Å²) in [6.45, 7) is 5.21. The van der Waals surface area contributed by atoms with Crippen LogP contribution in [0.1, 0.15) is 24.1 Å². The number of aryl methyl sites for hydroxylation is 1. The van der Waals surface area contributed by atoms with Gasteiger partial charge in [0.15, 0.2) is 0 Å². The van der Waals surface area contributed by atoms with Gasteiger partial charge in [-0.25, -0.2) is 4.98 Å². The molecule has 0 spiro atoms. The molecule has 2 aromatic carbocycles. The molecule has 1 fully saturated rings. The van der Waals surface area contributed by atoms with Crippen molar-refractivity contribution in [1.29, 1.82) is 0 Å². The third-order valence-electron chi connectivity index (χ3n) is 5.90. The van der Waals surface area contributed by atoms with E-state index in [2.05, 4.69) is 68.0 Å². The highest BCUT2D eigenvalue weighted by molar-refractivity contribution is 5.82. The van der Waals surface area contributed by atoms with E-state index in [0.717, 1.165) is 60.6 Å². The molecular weight excluding hydrogens is 396 g/mol. The number of nitrogens with one attached hydrogen (secondary N) is 2. The summed E-state index contributed by atoms with van der Waals surface area (Å²) < 4.78 is 0. The summed E-state index contributed by atoms with van der Waals surface area (Å²) in [7, 11) is 0. The Balaban J connectivity index is 1.21. The first kappa shape index (κ1) is 20.4. The normalized spacial score (nSPS) is 15.0. The van der Waals surface area contributed by atoms with Crippen molar-refractivity contribution >= 4 is 28.4 Å². The summed E-state index contributed by atoms with van der Waals surface area (Å²) >= 11 is 0. The van der Waals surface area contributed by atoms with E-state index in [1.54, 1.807) is 0 Å². The number of piperidine rings is 1. The number of pyridine rings is 1. The largest absolute Gasteiger partial charge is 0.367 e. The van der Waals surface area contributed by atoms with Crippen molar-refractivity contribution in [2.24, 2.45) is 0 Å². The molecule has 0 amide bonds. The summed E-state index contributed by atoms with van der Waals surface area (Å²) in [6.07, 6.45) is 4.02. The SMILES string of the molecule is Cc1cc(NC2CCN(Cc3ccccc3)CC2)nc(Nc2ccc3ncccc3c2)n1. The molecule has 6 heteroatoms. The second-order valence-corrected chi connectivity index (χ2v) is 8.43. The third-order valence-corrected chi connectivity index (χ3v) is 5.90. The number of anilines is 3. The highest BCUT2D eigenvalue weighted by Crippen LogP contribution is 2.22. The van der Waals surface area contributed by atoms with Crippen LogP contribution in [0.4, 0.5) is 17.5 Å². The molecule has 3 heterocycles. The predicted octanol–water partition coefficient (Wildman–Crippen LogP) is 5.15. The molecule has 4 aromatic rings. The summed E-state index contributed by atoms with van der Waals surface area (Å²) in [6, 6.07) is 23.2. The fourth-order valence-electron chi connectivity index (χ4n) is 4.27. The third kappa shape index (κ3) is 5.03. The second-order valence-electron chi connectivity index (χ2n) is 8.43. The number of aromatic nitrogens is 3. The Morgan fingerprint density at radius 3 is 2.62 bits per heavy atom. The molecule has 1 aliphatic heterocycles. The average molecular weight is 425 g/mol. The second kappa shape index (κ2) is 9.32. The van der Waals surface area contributed by atoms with E-state index in [0.29, 0.717) is 12.0 Å². The van der Waals surface area contributed by atoms with E-state index in [-0.39, 0.29) is 0 Å². The Labute approximate surface area is 188 Å². The summed E-state index contributed by atoms with van der Waals surface area (Å²) in [4.78, 5) is 16.2. The Bertz CT molecular complexity index is 1190. The van der Waals surface area contributed by atoms with Crippen LogP contribution in [0.3, 0.4) is 0 Å². The minimum atomic E-state index is 0.427. The minimum absolute atomic E-state index is 0.427. The van der Waals surface area contributed by atoms with E-state index < -0.39 is 0 Å². The van der Waals surface area contributed by atoms with Crippen LogP contribution in [-0.2, 0) is 6.54 Å². The van der Waals surface area contributed by atoms with Gasteiger partial charge in [0.25, 0.3) is 0 Å². The number of fused-ring (bicyclic) bond motifs is 1. The molecule has 0 bridgehead atoms. The first-order chi connectivity index (χ1) is 15.7. The van der Waals surface area contributed by atoms with Gasteiger partial charge in [-0.05, 0) is 49.6 Å². The van der Waals surface area contributed by atoms with Gasteiger partial charge in [0.2, 0.25) is 5.95 Å². The topological polar surface area (TPSA) is 66.0 Å². The van der Waals surface area contributed by atoms with E-state index in [4.69, 9.17) is 4.98 Å². The molecule has 2 N–H and O–H groups in total. The van der Waals surface area contributed by atoms with Gasteiger partial charge < -0.3 is 10.6 Å². The van der Waals surface area contributed by atoms with Gasteiger partial charge in [-0.2, -0.15) is 4.98 Å². The Kier molecular flexibility index (Phi) is 5.94. The quantitative estimate of drug-likeness (QED) is 0.446. The summed E-state index contributed by atoms with van der Waals surface area (Å²) in [5.74, 6) is 1.49. The van der Waals surface area contributed by atoms with Gasteiger partial charge in [0.1, 0.15) is 5.82 Å². The van der Waals surface area contributed by atoms with Crippen molar-refractivity contribution in [2.75, 3.05) is 23.7 Å². The molecule has 6 nitrogen and oxygen atoms in total. The zero-order valence-corrected chi connectivity index (χ0v) is 18.3. The number of hydrogen-bond donors (Lipinski definition) is 2. The van der Waals surface area contributed by atoms with Crippen LogP contribution in [0.25, 0.3) is 10.9 Å². The van der Waals surface area contributed by atoms with E-state index in [9.17, 15) is 0 Å². The standard InChI is InChI=1S/C26H28N6/c1-19-16-25(29-22-11-14-32(15-12-22)18-20-6-3-2-4-7-20)31-26(28-19)30-23-9-10-24-21(17-23)8-5-13-27-24/h2-10,13,16-17,22H,11-12,14-15,18H2,1H3,(H2,28,29,30,31). The van der Waals surface area contributed by atoms with E-state index >= 15 is 0 Å². The number of hydrogen-bond acceptors (Lipinski definition) is 6. The van der Waals surface area contributed by atoms with Crippen molar-refractivity contribution in [1.82, 2.24) is 19.9 Å². The zero-order chi connectivity index (χ0) is 21.8. The van der Waals surface area contributed by atoms with Crippen LogP contribution >= 0.6 is 0 Å². The fraction of sp³-hybridized carbons (Fsp3) is 0.269. The van der Waals surface area contributed by atoms with E-state index in [1.165, 1.54) is 5.56 Å². The van der Waals surface area contributed by atoms with Gasteiger partial charge in [-0.1, -0.05) is 36.4 Å². The Hall–Kier alpha value is -3.51.